The number of anilines is 1. The number of aromatic amines is 1. The van der Waals surface area contributed by atoms with Crippen LogP contribution in [0.1, 0.15) is 21.7 Å². The maximum atomic E-state index is 11.9. The van der Waals surface area contributed by atoms with E-state index in [1.165, 1.54) is 11.9 Å². The third kappa shape index (κ3) is 1.98. The molecule has 2 heterocycles. The molecule has 0 radical (unpaired) electrons. The van der Waals surface area contributed by atoms with Crippen LogP contribution >= 0.6 is 0 Å². The van der Waals surface area contributed by atoms with Gasteiger partial charge in [0, 0.05) is 12.2 Å². The number of carbonyl (C=O) groups is 1. The monoisotopic (exact) mass is 243 g/mol. The molecule has 0 bridgehead atoms. The van der Waals surface area contributed by atoms with Crippen molar-refractivity contribution in [2.24, 2.45) is 0 Å². The third-order valence-corrected chi connectivity index (χ3v) is 3.02. The first kappa shape index (κ1) is 10.9. The first-order valence-electron chi connectivity index (χ1n) is 5.83. The van der Waals surface area contributed by atoms with Crippen molar-refractivity contribution in [1.82, 2.24) is 20.5 Å². The molecule has 92 valence electrons. The number of amides is 1. The molecule has 6 nitrogen and oxygen atoms in total. The number of fused-ring (bicyclic) bond motifs is 1. The van der Waals surface area contributed by atoms with Crippen LogP contribution in [0.3, 0.4) is 0 Å². The van der Waals surface area contributed by atoms with E-state index in [4.69, 9.17) is 0 Å². The van der Waals surface area contributed by atoms with Gasteiger partial charge in [-0.2, -0.15) is 5.10 Å². The average molecular weight is 243 g/mol. The molecule has 3 N–H and O–H groups in total. The highest BCUT2D eigenvalue weighted by Gasteiger charge is 2.15. The van der Waals surface area contributed by atoms with E-state index in [0.717, 1.165) is 30.8 Å². The fourth-order valence-corrected chi connectivity index (χ4v) is 2.13. The Bertz CT molecular complexity index is 564. The highest BCUT2D eigenvalue weighted by Crippen LogP contribution is 2.23. The first-order chi connectivity index (χ1) is 8.84. The minimum atomic E-state index is -0.272. The molecular formula is C12H13N5O. The van der Waals surface area contributed by atoms with Gasteiger partial charge in [-0.1, -0.05) is 12.1 Å². The van der Waals surface area contributed by atoms with Crippen LogP contribution < -0.4 is 10.6 Å². The van der Waals surface area contributed by atoms with Crippen LogP contribution in [0.2, 0.25) is 0 Å². The van der Waals surface area contributed by atoms with Crippen LogP contribution in [0.15, 0.2) is 24.5 Å². The summed E-state index contributed by atoms with van der Waals surface area (Å²) in [6.45, 7) is 1.76. The number of hydrogen-bond acceptors (Lipinski definition) is 4. The Kier molecular flexibility index (Phi) is 2.77. The first-order valence-corrected chi connectivity index (χ1v) is 5.83. The predicted molar refractivity (Wildman–Crippen MR) is 66.2 cm³/mol. The van der Waals surface area contributed by atoms with Crippen molar-refractivity contribution in [3.8, 4) is 0 Å². The molecule has 0 aliphatic carbocycles. The van der Waals surface area contributed by atoms with Crippen molar-refractivity contribution in [2.75, 3.05) is 11.9 Å². The zero-order valence-corrected chi connectivity index (χ0v) is 9.73. The lowest BCUT2D eigenvalue weighted by molar-refractivity contribution is 0.101. The fraction of sp³-hybridized carbons (Fsp3) is 0.250. The maximum Gasteiger partial charge on any atom is 0.292 e. The molecule has 18 heavy (non-hydrogen) atoms. The summed E-state index contributed by atoms with van der Waals surface area (Å²) < 4.78 is 0. The zero-order valence-electron chi connectivity index (χ0n) is 9.73. The molecular weight excluding hydrogens is 230 g/mol. The number of carbonyl (C=O) groups excluding carboxylic acids is 1. The molecule has 0 fully saturated rings. The molecule has 3 rings (SSSR count). The minimum absolute atomic E-state index is 0.219. The molecule has 2 aromatic rings. The maximum absolute atomic E-state index is 11.9. The van der Waals surface area contributed by atoms with Crippen molar-refractivity contribution in [2.45, 2.75) is 13.0 Å². The Morgan fingerprint density at radius 1 is 1.39 bits per heavy atom. The van der Waals surface area contributed by atoms with Gasteiger partial charge in [-0.25, -0.2) is 4.98 Å². The minimum Gasteiger partial charge on any atom is -0.319 e. The molecule has 1 aliphatic rings. The second kappa shape index (κ2) is 4.58. The molecule has 0 unspecified atom stereocenters. The van der Waals surface area contributed by atoms with Crippen LogP contribution in [-0.2, 0) is 13.0 Å². The van der Waals surface area contributed by atoms with Crippen molar-refractivity contribution in [3.05, 3.63) is 41.5 Å². The number of aromatic nitrogens is 3. The summed E-state index contributed by atoms with van der Waals surface area (Å²) in [7, 11) is 0. The van der Waals surface area contributed by atoms with Crippen LogP contribution in [0.5, 0.6) is 0 Å². The Balaban J connectivity index is 1.87. The standard InChI is InChI=1S/C12H13N5O/c18-12(11-14-7-15-17-11)16-10-3-1-2-8-4-5-13-6-9(8)10/h1-3,7,13H,4-6H2,(H,16,18)(H,14,15,17). The van der Waals surface area contributed by atoms with Gasteiger partial charge < -0.3 is 10.6 Å². The topological polar surface area (TPSA) is 82.7 Å². The number of hydrogen-bond donors (Lipinski definition) is 3. The lowest BCUT2D eigenvalue weighted by atomic mass is 9.99. The van der Waals surface area contributed by atoms with E-state index in [-0.39, 0.29) is 11.7 Å². The molecule has 1 aliphatic heterocycles. The number of rotatable bonds is 2. The van der Waals surface area contributed by atoms with Gasteiger partial charge in [-0.15, -0.1) is 0 Å². The van der Waals surface area contributed by atoms with Crippen molar-refractivity contribution in [1.29, 1.82) is 0 Å². The number of nitrogens with zero attached hydrogens (tertiary/aromatic N) is 2. The Labute approximate surface area is 104 Å². The average Bonchev–Trinajstić information content (AvgIpc) is 2.93. The predicted octanol–water partition coefficient (Wildman–Crippen LogP) is 0.703. The van der Waals surface area contributed by atoms with E-state index in [0.29, 0.717) is 0 Å². The van der Waals surface area contributed by atoms with Gasteiger partial charge in [-0.05, 0) is 30.2 Å². The smallest absolute Gasteiger partial charge is 0.292 e. The highest BCUT2D eigenvalue weighted by atomic mass is 16.2. The number of nitrogens with one attached hydrogen (secondary N) is 3. The van der Waals surface area contributed by atoms with Gasteiger partial charge in [-0.3, -0.25) is 9.89 Å². The molecule has 1 amide bonds. The fourth-order valence-electron chi connectivity index (χ4n) is 2.13. The molecule has 1 aromatic heterocycles. The van der Waals surface area contributed by atoms with Gasteiger partial charge >= 0.3 is 0 Å². The van der Waals surface area contributed by atoms with Gasteiger partial charge in [0.25, 0.3) is 5.91 Å². The lowest BCUT2D eigenvalue weighted by Crippen LogP contribution is -2.25. The van der Waals surface area contributed by atoms with Crippen LogP contribution in [-0.4, -0.2) is 27.6 Å². The van der Waals surface area contributed by atoms with E-state index in [1.54, 1.807) is 0 Å². The highest BCUT2D eigenvalue weighted by molar-refractivity contribution is 6.01. The summed E-state index contributed by atoms with van der Waals surface area (Å²) in [4.78, 5) is 15.7. The third-order valence-electron chi connectivity index (χ3n) is 3.02. The lowest BCUT2D eigenvalue weighted by Gasteiger charge is -2.20. The molecule has 0 saturated carbocycles. The second-order valence-corrected chi connectivity index (χ2v) is 4.16. The summed E-state index contributed by atoms with van der Waals surface area (Å²) in [6, 6.07) is 5.96. The van der Waals surface area contributed by atoms with E-state index in [2.05, 4.69) is 31.9 Å². The normalized spacial score (nSPS) is 14.0. The van der Waals surface area contributed by atoms with Crippen LogP contribution in [0.4, 0.5) is 5.69 Å². The molecule has 0 spiro atoms. The summed E-state index contributed by atoms with van der Waals surface area (Å²) in [5, 5.41) is 12.4. The Hall–Kier alpha value is -2.21. The second-order valence-electron chi connectivity index (χ2n) is 4.16. The Morgan fingerprint density at radius 2 is 2.33 bits per heavy atom. The van der Waals surface area contributed by atoms with Gasteiger partial charge in [0.1, 0.15) is 6.33 Å². The summed E-state index contributed by atoms with van der Waals surface area (Å²) in [6.07, 6.45) is 2.30. The molecule has 6 heteroatoms. The van der Waals surface area contributed by atoms with Gasteiger partial charge in [0.2, 0.25) is 5.82 Å². The van der Waals surface area contributed by atoms with E-state index in [9.17, 15) is 4.79 Å². The molecule has 0 saturated heterocycles. The SMILES string of the molecule is O=C(Nc1cccc2c1CNCC2)c1ncn[nH]1. The summed E-state index contributed by atoms with van der Waals surface area (Å²) in [5.74, 6) is -0.0529. The van der Waals surface area contributed by atoms with Crippen molar-refractivity contribution >= 4 is 11.6 Å². The van der Waals surface area contributed by atoms with E-state index in [1.807, 2.05) is 12.1 Å². The van der Waals surface area contributed by atoms with Crippen LogP contribution in [0, 0.1) is 0 Å². The van der Waals surface area contributed by atoms with E-state index < -0.39 is 0 Å². The van der Waals surface area contributed by atoms with Crippen LogP contribution in [0.25, 0.3) is 0 Å². The number of H-pyrrole nitrogens is 1. The van der Waals surface area contributed by atoms with E-state index >= 15 is 0 Å². The van der Waals surface area contributed by atoms with Gasteiger partial charge in [0.15, 0.2) is 0 Å². The largest absolute Gasteiger partial charge is 0.319 e. The van der Waals surface area contributed by atoms with Crippen molar-refractivity contribution < 1.29 is 4.79 Å². The summed E-state index contributed by atoms with van der Waals surface area (Å²) >= 11 is 0. The molecule has 0 atom stereocenters. The van der Waals surface area contributed by atoms with Gasteiger partial charge in [0.05, 0.1) is 0 Å². The Morgan fingerprint density at radius 3 is 3.17 bits per heavy atom. The molecule has 1 aromatic carbocycles. The quantitative estimate of drug-likeness (QED) is 0.725. The zero-order chi connectivity index (χ0) is 12.4. The van der Waals surface area contributed by atoms with Crippen molar-refractivity contribution in [3.63, 3.8) is 0 Å². The number of benzene rings is 1. The summed E-state index contributed by atoms with van der Waals surface area (Å²) in [5.41, 5.74) is 3.27.